The zero-order valence-electron chi connectivity index (χ0n) is 11.7. The summed E-state index contributed by atoms with van der Waals surface area (Å²) < 4.78 is 5.69. The standard InChI is InChI=1S/C14H22N4O2/c1-18-5-6-20-13(10-18)9-16-8-11-3-2-4-12(7-11)14(15)17-19/h2-4,7,13,16,19H,5-6,8-10H2,1H3,(H2,15,17). The van der Waals surface area contributed by atoms with Crippen LogP contribution in [0.4, 0.5) is 0 Å². The van der Waals surface area contributed by atoms with Gasteiger partial charge in [0.05, 0.1) is 12.7 Å². The lowest BCUT2D eigenvalue weighted by Crippen LogP contribution is -2.44. The molecule has 20 heavy (non-hydrogen) atoms. The van der Waals surface area contributed by atoms with Crippen LogP contribution in [0.2, 0.25) is 0 Å². The van der Waals surface area contributed by atoms with Crippen molar-refractivity contribution in [3.05, 3.63) is 35.4 Å². The summed E-state index contributed by atoms with van der Waals surface area (Å²) in [6, 6.07) is 7.64. The predicted molar refractivity (Wildman–Crippen MR) is 77.9 cm³/mol. The van der Waals surface area contributed by atoms with Crippen molar-refractivity contribution in [1.82, 2.24) is 10.2 Å². The Hall–Kier alpha value is -1.63. The van der Waals surface area contributed by atoms with Gasteiger partial charge in [-0.3, -0.25) is 0 Å². The zero-order chi connectivity index (χ0) is 14.4. The summed E-state index contributed by atoms with van der Waals surface area (Å²) in [4.78, 5) is 2.27. The fraction of sp³-hybridized carbons (Fsp3) is 0.500. The van der Waals surface area contributed by atoms with Gasteiger partial charge in [-0.05, 0) is 18.7 Å². The van der Waals surface area contributed by atoms with E-state index in [9.17, 15) is 0 Å². The van der Waals surface area contributed by atoms with Gasteiger partial charge in [-0.2, -0.15) is 0 Å². The van der Waals surface area contributed by atoms with Crippen molar-refractivity contribution in [3.8, 4) is 0 Å². The molecule has 1 aromatic carbocycles. The Bertz CT molecular complexity index is 464. The number of morpholine rings is 1. The van der Waals surface area contributed by atoms with Crippen LogP contribution in [-0.2, 0) is 11.3 Å². The van der Waals surface area contributed by atoms with E-state index in [4.69, 9.17) is 15.7 Å². The van der Waals surface area contributed by atoms with Gasteiger partial charge >= 0.3 is 0 Å². The molecule has 4 N–H and O–H groups in total. The van der Waals surface area contributed by atoms with Gasteiger partial charge in [0.15, 0.2) is 5.84 Å². The van der Waals surface area contributed by atoms with Gasteiger partial charge in [-0.1, -0.05) is 23.4 Å². The maximum atomic E-state index is 8.68. The first-order valence-electron chi connectivity index (χ1n) is 6.76. The molecule has 1 aliphatic rings. The first-order valence-corrected chi connectivity index (χ1v) is 6.76. The molecule has 110 valence electrons. The van der Waals surface area contributed by atoms with Gasteiger partial charge in [0, 0.05) is 31.7 Å². The smallest absolute Gasteiger partial charge is 0.170 e. The van der Waals surface area contributed by atoms with Gasteiger partial charge in [-0.15, -0.1) is 0 Å². The molecule has 0 saturated carbocycles. The monoisotopic (exact) mass is 278 g/mol. The minimum atomic E-state index is 0.129. The third-order valence-corrected chi connectivity index (χ3v) is 3.37. The lowest BCUT2D eigenvalue weighted by atomic mass is 10.1. The number of hydrogen-bond donors (Lipinski definition) is 3. The van der Waals surface area contributed by atoms with Gasteiger partial charge < -0.3 is 25.9 Å². The largest absolute Gasteiger partial charge is 0.409 e. The second kappa shape index (κ2) is 7.23. The minimum absolute atomic E-state index is 0.129. The maximum Gasteiger partial charge on any atom is 0.170 e. The van der Waals surface area contributed by atoms with Gasteiger partial charge in [0.25, 0.3) is 0 Å². The van der Waals surface area contributed by atoms with Crippen molar-refractivity contribution >= 4 is 5.84 Å². The number of ether oxygens (including phenoxy) is 1. The van der Waals surface area contributed by atoms with Crippen molar-refractivity contribution in [2.45, 2.75) is 12.6 Å². The number of nitrogens with zero attached hydrogens (tertiary/aromatic N) is 2. The van der Waals surface area contributed by atoms with Crippen LogP contribution in [-0.4, -0.2) is 55.3 Å². The van der Waals surface area contributed by atoms with Crippen LogP contribution in [0.25, 0.3) is 0 Å². The Labute approximate surface area is 119 Å². The molecule has 1 saturated heterocycles. The molecule has 0 amide bonds. The fourth-order valence-corrected chi connectivity index (χ4v) is 2.27. The van der Waals surface area contributed by atoms with E-state index >= 15 is 0 Å². The Morgan fingerprint density at radius 1 is 1.60 bits per heavy atom. The molecule has 0 radical (unpaired) electrons. The molecule has 1 heterocycles. The van der Waals surface area contributed by atoms with Crippen LogP contribution >= 0.6 is 0 Å². The second-order valence-electron chi connectivity index (χ2n) is 5.07. The van der Waals surface area contributed by atoms with Crippen LogP contribution < -0.4 is 11.1 Å². The van der Waals surface area contributed by atoms with E-state index in [0.717, 1.165) is 43.9 Å². The van der Waals surface area contributed by atoms with E-state index in [0.29, 0.717) is 0 Å². The summed E-state index contributed by atoms with van der Waals surface area (Å²) in [5.41, 5.74) is 7.40. The van der Waals surface area contributed by atoms with Crippen molar-refractivity contribution in [1.29, 1.82) is 0 Å². The quantitative estimate of drug-likeness (QED) is 0.310. The molecule has 1 aromatic rings. The van der Waals surface area contributed by atoms with Gasteiger partial charge in [0.1, 0.15) is 0 Å². The van der Waals surface area contributed by atoms with Gasteiger partial charge in [-0.25, -0.2) is 0 Å². The molecule has 0 spiro atoms. The van der Waals surface area contributed by atoms with Crippen molar-refractivity contribution in [2.75, 3.05) is 33.3 Å². The highest BCUT2D eigenvalue weighted by Crippen LogP contribution is 2.06. The first-order chi connectivity index (χ1) is 9.69. The molecular weight excluding hydrogens is 256 g/mol. The molecule has 6 nitrogen and oxygen atoms in total. The lowest BCUT2D eigenvalue weighted by Gasteiger charge is -2.30. The number of oxime groups is 1. The maximum absolute atomic E-state index is 8.68. The third-order valence-electron chi connectivity index (χ3n) is 3.37. The molecule has 2 rings (SSSR count). The summed E-state index contributed by atoms with van der Waals surface area (Å²) in [7, 11) is 2.11. The average Bonchev–Trinajstić information content (AvgIpc) is 2.47. The topological polar surface area (TPSA) is 83.1 Å². The highest BCUT2D eigenvalue weighted by molar-refractivity contribution is 5.97. The Morgan fingerprint density at radius 2 is 2.45 bits per heavy atom. The number of nitrogens with one attached hydrogen (secondary N) is 1. The number of benzene rings is 1. The summed E-state index contributed by atoms with van der Waals surface area (Å²) in [5.74, 6) is 0.129. The molecule has 1 aliphatic heterocycles. The highest BCUT2D eigenvalue weighted by atomic mass is 16.5. The van der Waals surface area contributed by atoms with Crippen LogP contribution in [0.5, 0.6) is 0 Å². The number of hydrogen-bond acceptors (Lipinski definition) is 5. The van der Waals surface area contributed by atoms with Crippen molar-refractivity contribution in [2.24, 2.45) is 10.9 Å². The van der Waals surface area contributed by atoms with E-state index in [1.807, 2.05) is 24.3 Å². The van der Waals surface area contributed by atoms with E-state index in [1.54, 1.807) is 0 Å². The summed E-state index contributed by atoms with van der Waals surface area (Å²) in [6.45, 7) is 4.30. The zero-order valence-corrected chi connectivity index (χ0v) is 11.7. The second-order valence-corrected chi connectivity index (χ2v) is 5.07. The lowest BCUT2D eigenvalue weighted by molar-refractivity contribution is -0.0182. The van der Waals surface area contributed by atoms with Crippen molar-refractivity contribution < 1.29 is 9.94 Å². The van der Waals surface area contributed by atoms with E-state index in [1.165, 1.54) is 0 Å². The Kier molecular flexibility index (Phi) is 5.34. The fourth-order valence-electron chi connectivity index (χ4n) is 2.27. The molecule has 0 bridgehead atoms. The molecule has 6 heteroatoms. The normalized spacial score (nSPS) is 21.1. The predicted octanol–water partition coefficient (Wildman–Crippen LogP) is 0.201. The van der Waals surface area contributed by atoms with E-state index < -0.39 is 0 Å². The molecular formula is C14H22N4O2. The summed E-state index contributed by atoms with van der Waals surface area (Å²) in [5, 5.41) is 15.1. The van der Waals surface area contributed by atoms with E-state index in [-0.39, 0.29) is 11.9 Å². The van der Waals surface area contributed by atoms with Crippen LogP contribution in [0.1, 0.15) is 11.1 Å². The molecule has 1 fully saturated rings. The number of nitrogens with two attached hydrogens (primary N) is 1. The van der Waals surface area contributed by atoms with E-state index in [2.05, 4.69) is 22.4 Å². The van der Waals surface area contributed by atoms with Gasteiger partial charge in [0.2, 0.25) is 0 Å². The molecule has 1 atom stereocenters. The first kappa shape index (κ1) is 14.8. The molecule has 0 aliphatic carbocycles. The highest BCUT2D eigenvalue weighted by Gasteiger charge is 2.16. The average molecular weight is 278 g/mol. The Morgan fingerprint density at radius 3 is 3.20 bits per heavy atom. The van der Waals surface area contributed by atoms with Crippen LogP contribution in [0, 0.1) is 0 Å². The summed E-state index contributed by atoms with van der Waals surface area (Å²) in [6.07, 6.45) is 0.237. The number of amidine groups is 1. The molecule has 1 unspecified atom stereocenters. The van der Waals surface area contributed by atoms with Crippen molar-refractivity contribution in [3.63, 3.8) is 0 Å². The number of likely N-dealkylation sites (N-methyl/N-ethyl adjacent to an activating group) is 1. The Balaban J connectivity index is 1.82. The molecule has 0 aromatic heterocycles. The van der Waals surface area contributed by atoms with Crippen LogP contribution in [0.3, 0.4) is 0 Å². The van der Waals surface area contributed by atoms with Crippen LogP contribution in [0.15, 0.2) is 29.4 Å². The number of rotatable bonds is 5. The summed E-state index contributed by atoms with van der Waals surface area (Å²) >= 11 is 0. The third kappa shape index (κ3) is 4.19. The minimum Gasteiger partial charge on any atom is -0.409 e. The SMILES string of the molecule is CN1CCOC(CNCc2cccc(C(N)=NO)c2)C1.